The molecule has 0 bridgehead atoms. The van der Waals surface area contributed by atoms with Gasteiger partial charge in [-0.2, -0.15) is 0 Å². The fourth-order valence-corrected chi connectivity index (χ4v) is 2.51. The Morgan fingerprint density at radius 3 is 2.31 bits per heavy atom. The Labute approximate surface area is 98.1 Å². The van der Waals surface area contributed by atoms with Crippen LogP contribution in [0.3, 0.4) is 0 Å². The minimum absolute atomic E-state index is 0.299. The van der Waals surface area contributed by atoms with Crippen LogP contribution in [-0.4, -0.2) is 11.1 Å². The molecule has 1 rings (SSSR count). The summed E-state index contributed by atoms with van der Waals surface area (Å²) in [5.74, 6) is -0.240. The van der Waals surface area contributed by atoms with Gasteiger partial charge in [-0.25, -0.2) is 4.79 Å². The molecule has 2 nitrogen and oxygen atoms in total. The SMILES string of the molecule is CC(/C=C/C1(C(C)C)CCCC1)=C\C(=O)O. The Morgan fingerprint density at radius 1 is 1.31 bits per heavy atom. The first-order valence-electron chi connectivity index (χ1n) is 6.07. The van der Waals surface area contributed by atoms with E-state index in [4.69, 9.17) is 5.11 Å². The quantitative estimate of drug-likeness (QED) is 0.580. The van der Waals surface area contributed by atoms with Crippen molar-refractivity contribution in [2.45, 2.75) is 46.5 Å². The predicted molar refractivity (Wildman–Crippen MR) is 66.3 cm³/mol. The predicted octanol–water partition coefficient (Wildman–Crippen LogP) is 3.79. The average Bonchev–Trinajstić information content (AvgIpc) is 2.63. The molecule has 0 aromatic rings. The number of carboxylic acid groups (broad SMARTS) is 1. The van der Waals surface area contributed by atoms with Gasteiger partial charge >= 0.3 is 5.97 Å². The molecule has 1 aliphatic rings. The molecule has 16 heavy (non-hydrogen) atoms. The number of hydrogen-bond acceptors (Lipinski definition) is 1. The van der Waals surface area contributed by atoms with Crippen LogP contribution in [0.1, 0.15) is 46.5 Å². The molecule has 0 heterocycles. The summed E-state index contributed by atoms with van der Waals surface area (Å²) in [4.78, 5) is 10.5. The van der Waals surface area contributed by atoms with Crippen LogP contribution in [0.2, 0.25) is 0 Å². The molecule has 0 atom stereocenters. The zero-order chi connectivity index (χ0) is 12.2. The summed E-state index contributed by atoms with van der Waals surface area (Å²) < 4.78 is 0. The molecule has 90 valence electrons. The summed E-state index contributed by atoms with van der Waals surface area (Å²) in [7, 11) is 0. The van der Waals surface area contributed by atoms with E-state index in [0.29, 0.717) is 11.3 Å². The third kappa shape index (κ3) is 3.22. The summed E-state index contributed by atoms with van der Waals surface area (Å²) >= 11 is 0. The highest BCUT2D eigenvalue weighted by molar-refractivity contribution is 5.81. The van der Waals surface area contributed by atoms with E-state index < -0.39 is 5.97 Å². The van der Waals surface area contributed by atoms with Crippen LogP contribution in [0.4, 0.5) is 0 Å². The molecule has 0 spiro atoms. The lowest BCUT2D eigenvalue weighted by Gasteiger charge is -2.30. The molecule has 0 aliphatic heterocycles. The number of rotatable bonds is 4. The lowest BCUT2D eigenvalue weighted by atomic mass is 9.75. The van der Waals surface area contributed by atoms with Crippen molar-refractivity contribution >= 4 is 5.97 Å². The molecule has 0 aromatic heterocycles. The molecule has 0 amide bonds. The minimum Gasteiger partial charge on any atom is -0.478 e. The van der Waals surface area contributed by atoms with Gasteiger partial charge in [-0.3, -0.25) is 0 Å². The van der Waals surface area contributed by atoms with Crippen LogP contribution in [0.5, 0.6) is 0 Å². The fourth-order valence-electron chi connectivity index (χ4n) is 2.51. The molecule has 1 aliphatic carbocycles. The Morgan fingerprint density at radius 2 is 1.88 bits per heavy atom. The second-order valence-electron chi connectivity index (χ2n) is 5.15. The summed E-state index contributed by atoms with van der Waals surface area (Å²) in [6, 6.07) is 0. The van der Waals surface area contributed by atoms with E-state index in [2.05, 4.69) is 19.9 Å². The van der Waals surface area contributed by atoms with Gasteiger partial charge in [0.05, 0.1) is 0 Å². The second-order valence-corrected chi connectivity index (χ2v) is 5.15. The summed E-state index contributed by atoms with van der Waals surface area (Å²) in [5.41, 5.74) is 1.12. The maximum absolute atomic E-state index is 10.5. The fraction of sp³-hybridized carbons (Fsp3) is 0.643. The zero-order valence-corrected chi connectivity index (χ0v) is 10.5. The van der Waals surface area contributed by atoms with Crippen LogP contribution in [0.15, 0.2) is 23.8 Å². The van der Waals surface area contributed by atoms with Gasteiger partial charge in [0.25, 0.3) is 0 Å². The summed E-state index contributed by atoms with van der Waals surface area (Å²) in [5, 5.41) is 8.64. The first-order valence-corrected chi connectivity index (χ1v) is 6.07. The Bertz CT molecular complexity index is 305. The second kappa shape index (κ2) is 5.33. The number of carbonyl (C=O) groups is 1. The monoisotopic (exact) mass is 222 g/mol. The van der Waals surface area contributed by atoms with Crippen LogP contribution >= 0.6 is 0 Å². The molecule has 0 unspecified atom stereocenters. The van der Waals surface area contributed by atoms with Crippen molar-refractivity contribution in [2.24, 2.45) is 11.3 Å². The van der Waals surface area contributed by atoms with E-state index in [0.717, 1.165) is 5.57 Å². The molecular weight excluding hydrogens is 200 g/mol. The Balaban J connectivity index is 2.76. The lowest BCUT2D eigenvalue weighted by Crippen LogP contribution is -2.20. The molecule has 0 aromatic carbocycles. The Kier molecular flexibility index (Phi) is 4.34. The van der Waals surface area contributed by atoms with Crippen molar-refractivity contribution in [1.29, 1.82) is 0 Å². The first-order chi connectivity index (χ1) is 7.46. The highest BCUT2D eigenvalue weighted by atomic mass is 16.4. The molecule has 1 fully saturated rings. The lowest BCUT2D eigenvalue weighted by molar-refractivity contribution is -0.131. The largest absolute Gasteiger partial charge is 0.478 e. The van der Waals surface area contributed by atoms with Gasteiger partial charge < -0.3 is 5.11 Å². The van der Waals surface area contributed by atoms with Gasteiger partial charge in [0.2, 0.25) is 0 Å². The normalized spacial score (nSPS) is 20.9. The number of hydrogen-bond donors (Lipinski definition) is 1. The standard InChI is InChI=1S/C14H22O2/c1-11(2)14(7-4-5-8-14)9-6-12(3)10-13(15)16/h6,9-11H,4-5,7-8H2,1-3H3,(H,15,16)/b9-6+,12-10+. The number of carboxylic acids is 1. The molecule has 0 saturated heterocycles. The van der Waals surface area contributed by atoms with E-state index in [-0.39, 0.29) is 0 Å². The van der Waals surface area contributed by atoms with E-state index in [1.807, 2.05) is 13.0 Å². The smallest absolute Gasteiger partial charge is 0.328 e. The van der Waals surface area contributed by atoms with Gasteiger partial charge in [-0.1, -0.05) is 38.8 Å². The first kappa shape index (κ1) is 13.0. The molecule has 1 N–H and O–H groups in total. The van der Waals surface area contributed by atoms with Gasteiger partial charge in [-0.05, 0) is 36.7 Å². The van der Waals surface area contributed by atoms with E-state index in [1.165, 1.54) is 31.8 Å². The van der Waals surface area contributed by atoms with Crippen molar-refractivity contribution in [3.63, 3.8) is 0 Å². The topological polar surface area (TPSA) is 37.3 Å². The average molecular weight is 222 g/mol. The van der Waals surface area contributed by atoms with Crippen molar-refractivity contribution in [3.8, 4) is 0 Å². The highest BCUT2D eigenvalue weighted by Gasteiger charge is 2.33. The van der Waals surface area contributed by atoms with Gasteiger partial charge in [0.15, 0.2) is 0 Å². The van der Waals surface area contributed by atoms with E-state index >= 15 is 0 Å². The third-order valence-electron chi connectivity index (χ3n) is 3.71. The van der Waals surface area contributed by atoms with Crippen molar-refractivity contribution in [3.05, 3.63) is 23.8 Å². The highest BCUT2D eigenvalue weighted by Crippen LogP contribution is 2.45. The van der Waals surface area contributed by atoms with Crippen LogP contribution < -0.4 is 0 Å². The Hall–Kier alpha value is -1.05. The zero-order valence-electron chi connectivity index (χ0n) is 10.5. The molecular formula is C14H22O2. The molecule has 0 radical (unpaired) electrons. The van der Waals surface area contributed by atoms with Crippen molar-refractivity contribution in [1.82, 2.24) is 0 Å². The third-order valence-corrected chi connectivity index (χ3v) is 3.71. The van der Waals surface area contributed by atoms with Crippen molar-refractivity contribution in [2.75, 3.05) is 0 Å². The van der Waals surface area contributed by atoms with Crippen LogP contribution in [0, 0.1) is 11.3 Å². The van der Waals surface area contributed by atoms with E-state index in [9.17, 15) is 4.79 Å². The summed E-state index contributed by atoms with van der Waals surface area (Å²) in [6.45, 7) is 6.35. The van der Waals surface area contributed by atoms with Gasteiger partial charge in [-0.15, -0.1) is 0 Å². The molecule has 1 saturated carbocycles. The van der Waals surface area contributed by atoms with E-state index in [1.54, 1.807) is 0 Å². The van der Waals surface area contributed by atoms with Gasteiger partial charge in [0.1, 0.15) is 0 Å². The summed E-state index contributed by atoms with van der Waals surface area (Å²) in [6.07, 6.45) is 10.5. The van der Waals surface area contributed by atoms with Crippen molar-refractivity contribution < 1.29 is 9.90 Å². The number of aliphatic carboxylic acids is 1. The van der Waals surface area contributed by atoms with Gasteiger partial charge in [0, 0.05) is 6.08 Å². The molecule has 2 heteroatoms. The maximum atomic E-state index is 10.5. The number of allylic oxidation sites excluding steroid dienone is 3. The minimum atomic E-state index is -0.868. The van der Waals surface area contributed by atoms with Crippen LogP contribution in [0.25, 0.3) is 0 Å². The van der Waals surface area contributed by atoms with Crippen LogP contribution in [-0.2, 0) is 4.79 Å². The maximum Gasteiger partial charge on any atom is 0.328 e.